The number of carbonyl (C=O) groups is 4. The largest absolute Gasteiger partial charge is 0.507 e. The van der Waals surface area contributed by atoms with Crippen LogP contribution in [0.4, 0.5) is 4.39 Å². The minimum absolute atomic E-state index is 0.0774. The van der Waals surface area contributed by atoms with Gasteiger partial charge in [-0.05, 0) is 48.7 Å². The highest BCUT2D eigenvalue weighted by Gasteiger charge is 2.26. The van der Waals surface area contributed by atoms with Crippen molar-refractivity contribution in [1.29, 1.82) is 0 Å². The van der Waals surface area contributed by atoms with Gasteiger partial charge in [-0.2, -0.15) is 0 Å². The number of halogens is 1. The van der Waals surface area contributed by atoms with Crippen molar-refractivity contribution >= 4 is 34.2 Å². The molecule has 5 N–H and O–H groups in total. The smallest absolute Gasteiger partial charge is 0.339 e. The number of carboxylic acids is 2. The van der Waals surface area contributed by atoms with Crippen LogP contribution in [0, 0.1) is 5.82 Å². The number of hydrogen-bond donors (Lipinski definition) is 5. The second kappa shape index (κ2) is 12.7. The third kappa shape index (κ3) is 7.85. The Kier molecular flexibility index (Phi) is 10.1. The van der Waals surface area contributed by atoms with E-state index in [4.69, 9.17) is 5.11 Å². The summed E-state index contributed by atoms with van der Waals surface area (Å²) < 4.78 is 40.9. The molecule has 0 saturated heterocycles. The Morgan fingerprint density at radius 2 is 1.78 bits per heavy atom. The van der Waals surface area contributed by atoms with Gasteiger partial charge in [-0.15, -0.1) is 0 Å². The molecule has 0 aromatic heterocycles. The van der Waals surface area contributed by atoms with Gasteiger partial charge in [-0.3, -0.25) is 4.79 Å². The second-order valence-electron chi connectivity index (χ2n) is 7.79. The lowest BCUT2D eigenvalue weighted by Crippen LogP contribution is -2.43. The molecule has 0 fully saturated rings. The highest BCUT2D eigenvalue weighted by Crippen LogP contribution is 2.24. The molecule has 1 amide bonds. The van der Waals surface area contributed by atoms with E-state index in [1.54, 1.807) is 0 Å². The van der Waals surface area contributed by atoms with Crippen molar-refractivity contribution in [3.63, 3.8) is 0 Å². The number of benzene rings is 2. The Bertz CT molecular complexity index is 1230. The van der Waals surface area contributed by atoms with Crippen LogP contribution < -0.4 is 10.0 Å². The SMILES string of the molecule is O=CC[C@H](NC(=O)C(CCCCNS(=O)(=O)c1ccc(O)c(C(=O)O)c1)c1cccc(F)c1)C(=O)O. The molecule has 194 valence electrons. The molecule has 2 atom stereocenters. The number of phenols is 1. The summed E-state index contributed by atoms with van der Waals surface area (Å²) in [6, 6.07) is 6.58. The van der Waals surface area contributed by atoms with E-state index in [-0.39, 0.29) is 36.3 Å². The van der Waals surface area contributed by atoms with Gasteiger partial charge in [-0.25, -0.2) is 27.1 Å². The zero-order chi connectivity index (χ0) is 26.9. The van der Waals surface area contributed by atoms with E-state index in [0.29, 0.717) is 6.29 Å². The third-order valence-electron chi connectivity index (χ3n) is 5.23. The van der Waals surface area contributed by atoms with Crippen molar-refractivity contribution in [2.45, 2.75) is 42.5 Å². The highest BCUT2D eigenvalue weighted by atomic mass is 32.2. The lowest BCUT2D eigenvalue weighted by molar-refractivity contribution is -0.142. The molecule has 2 rings (SSSR count). The van der Waals surface area contributed by atoms with E-state index >= 15 is 0 Å². The number of aliphatic carboxylic acids is 1. The Morgan fingerprint density at radius 1 is 1.06 bits per heavy atom. The van der Waals surface area contributed by atoms with E-state index in [9.17, 15) is 42.2 Å². The van der Waals surface area contributed by atoms with Crippen LogP contribution in [0.15, 0.2) is 47.4 Å². The fourth-order valence-corrected chi connectivity index (χ4v) is 4.48. The van der Waals surface area contributed by atoms with Gasteiger partial charge in [0, 0.05) is 13.0 Å². The van der Waals surface area contributed by atoms with Crippen LogP contribution in [-0.4, -0.2) is 60.5 Å². The summed E-state index contributed by atoms with van der Waals surface area (Å²) in [5.74, 6) is -5.76. The molecule has 2 aromatic rings. The van der Waals surface area contributed by atoms with Crippen LogP contribution in [0.3, 0.4) is 0 Å². The van der Waals surface area contributed by atoms with Crippen molar-refractivity contribution < 1.29 is 47.3 Å². The molecule has 36 heavy (non-hydrogen) atoms. The Morgan fingerprint density at radius 3 is 2.39 bits per heavy atom. The fraction of sp³-hybridized carbons (Fsp3) is 0.304. The van der Waals surface area contributed by atoms with Crippen molar-refractivity contribution in [1.82, 2.24) is 10.0 Å². The molecule has 0 radical (unpaired) electrons. The number of unbranched alkanes of at least 4 members (excludes halogenated alkanes) is 1. The first-order valence-corrected chi connectivity index (χ1v) is 12.2. The number of sulfonamides is 1. The fourth-order valence-electron chi connectivity index (χ4n) is 3.38. The normalized spacial score (nSPS) is 12.9. The molecule has 13 heteroatoms. The lowest BCUT2D eigenvalue weighted by Gasteiger charge is -2.20. The summed E-state index contributed by atoms with van der Waals surface area (Å²) in [6.07, 6.45) is 0.541. The molecule has 1 unspecified atom stereocenters. The summed E-state index contributed by atoms with van der Waals surface area (Å²) in [5, 5.41) is 30.0. The number of aldehydes is 1. The summed E-state index contributed by atoms with van der Waals surface area (Å²) in [5.41, 5.74) is -0.287. The number of rotatable bonds is 14. The molecular weight excluding hydrogens is 499 g/mol. The molecular formula is C23H25FN2O9S. The lowest BCUT2D eigenvalue weighted by atomic mass is 9.92. The predicted molar refractivity (Wildman–Crippen MR) is 123 cm³/mol. The van der Waals surface area contributed by atoms with Crippen molar-refractivity contribution in [2.75, 3.05) is 6.54 Å². The Balaban J connectivity index is 2.04. The maximum Gasteiger partial charge on any atom is 0.339 e. The maximum absolute atomic E-state index is 13.7. The van der Waals surface area contributed by atoms with Gasteiger partial charge in [0.2, 0.25) is 15.9 Å². The number of carbonyl (C=O) groups excluding carboxylic acids is 2. The maximum atomic E-state index is 13.7. The molecule has 0 bridgehead atoms. The number of carboxylic acid groups (broad SMARTS) is 2. The van der Waals surface area contributed by atoms with Crippen LogP contribution in [-0.2, 0) is 24.4 Å². The first kappa shape index (κ1) is 28.4. The van der Waals surface area contributed by atoms with Gasteiger partial charge in [0.1, 0.15) is 29.5 Å². The van der Waals surface area contributed by atoms with Crippen molar-refractivity contribution in [3.8, 4) is 5.75 Å². The van der Waals surface area contributed by atoms with Gasteiger partial charge >= 0.3 is 11.9 Å². The summed E-state index contributed by atoms with van der Waals surface area (Å²) in [7, 11) is -4.09. The molecule has 0 spiro atoms. The van der Waals surface area contributed by atoms with E-state index in [1.165, 1.54) is 18.2 Å². The predicted octanol–water partition coefficient (Wildman–Crippen LogP) is 1.62. The van der Waals surface area contributed by atoms with Gasteiger partial charge in [0.15, 0.2) is 0 Å². The van der Waals surface area contributed by atoms with E-state index in [1.807, 2.05) is 0 Å². The minimum Gasteiger partial charge on any atom is -0.507 e. The summed E-state index contributed by atoms with van der Waals surface area (Å²) in [4.78, 5) is 45.5. The van der Waals surface area contributed by atoms with Crippen LogP contribution in [0.25, 0.3) is 0 Å². The van der Waals surface area contributed by atoms with Gasteiger partial charge in [0.25, 0.3) is 0 Å². The van der Waals surface area contributed by atoms with Crippen LogP contribution in [0.5, 0.6) is 5.75 Å². The topological polar surface area (TPSA) is 187 Å². The van der Waals surface area contributed by atoms with E-state index < -0.39 is 63.4 Å². The van der Waals surface area contributed by atoms with E-state index in [2.05, 4.69) is 10.0 Å². The van der Waals surface area contributed by atoms with E-state index in [0.717, 1.165) is 24.3 Å². The molecule has 11 nitrogen and oxygen atoms in total. The first-order valence-electron chi connectivity index (χ1n) is 10.7. The van der Waals surface area contributed by atoms with Crippen LogP contribution >= 0.6 is 0 Å². The van der Waals surface area contributed by atoms with Crippen LogP contribution in [0.1, 0.15) is 47.5 Å². The Hall–Kier alpha value is -3.84. The number of hydrogen-bond acceptors (Lipinski definition) is 7. The summed E-state index contributed by atoms with van der Waals surface area (Å²) in [6.45, 7) is -0.0774. The molecule has 0 aliphatic carbocycles. The standard InChI is InChI=1S/C23H25FN2O9S/c24-15-5-3-4-14(12-15)17(21(29)26-19(9-11-27)23(32)33)6-1-2-10-25-36(34,35)16-7-8-20(28)18(13-16)22(30)31/h3-5,7-8,11-13,17,19,25,28H,1-2,6,9-10H2,(H,26,29)(H,30,31)(H,32,33)/t17?,19-/m0/s1. The molecule has 0 heterocycles. The molecule has 0 aliphatic rings. The second-order valence-corrected chi connectivity index (χ2v) is 9.55. The van der Waals surface area contributed by atoms with Gasteiger partial charge in [-0.1, -0.05) is 18.6 Å². The Labute approximate surface area is 206 Å². The quantitative estimate of drug-likeness (QED) is 0.181. The first-order chi connectivity index (χ1) is 17.0. The average Bonchev–Trinajstić information content (AvgIpc) is 2.80. The number of aromatic carboxylic acids is 1. The van der Waals surface area contributed by atoms with Crippen LogP contribution in [0.2, 0.25) is 0 Å². The molecule has 2 aromatic carbocycles. The summed E-state index contributed by atoms with van der Waals surface area (Å²) >= 11 is 0. The highest BCUT2D eigenvalue weighted by molar-refractivity contribution is 7.89. The minimum atomic E-state index is -4.09. The zero-order valence-electron chi connectivity index (χ0n) is 18.9. The third-order valence-corrected chi connectivity index (χ3v) is 6.69. The average molecular weight is 525 g/mol. The van der Waals surface area contributed by atoms with Gasteiger partial charge in [0.05, 0.1) is 10.8 Å². The zero-order valence-corrected chi connectivity index (χ0v) is 19.7. The van der Waals surface area contributed by atoms with Crippen molar-refractivity contribution in [2.24, 2.45) is 0 Å². The van der Waals surface area contributed by atoms with Gasteiger partial charge < -0.3 is 25.4 Å². The molecule has 0 aliphatic heterocycles. The monoisotopic (exact) mass is 524 g/mol. The number of aromatic hydroxyl groups is 1. The number of amides is 1. The molecule has 0 saturated carbocycles. The van der Waals surface area contributed by atoms with Crippen molar-refractivity contribution in [3.05, 3.63) is 59.4 Å². The number of nitrogens with one attached hydrogen (secondary N) is 2.